The zero-order valence-corrected chi connectivity index (χ0v) is 16.3. The van der Waals surface area contributed by atoms with E-state index in [1.54, 1.807) is 17.2 Å². The van der Waals surface area contributed by atoms with Crippen molar-refractivity contribution in [1.82, 2.24) is 19.6 Å². The molecule has 0 aliphatic heterocycles. The average Bonchev–Trinajstić information content (AvgIpc) is 3.04. The van der Waals surface area contributed by atoms with Gasteiger partial charge in [0, 0.05) is 18.1 Å². The summed E-state index contributed by atoms with van der Waals surface area (Å²) in [6.45, 7) is 5.53. The van der Waals surface area contributed by atoms with Crippen LogP contribution in [-0.2, 0) is 11.2 Å². The zero-order chi connectivity index (χ0) is 19.7. The van der Waals surface area contributed by atoms with E-state index in [1.165, 1.54) is 0 Å². The van der Waals surface area contributed by atoms with Gasteiger partial charge in [-0.15, -0.1) is 0 Å². The minimum atomic E-state index is -0.539. The molecule has 1 aliphatic rings. The van der Waals surface area contributed by atoms with Crippen molar-refractivity contribution in [3.05, 3.63) is 48.2 Å². The number of carbonyl (C=O) groups excluding carboxylic acids is 1. The van der Waals surface area contributed by atoms with E-state index in [0.29, 0.717) is 0 Å². The Morgan fingerprint density at radius 1 is 1.25 bits per heavy atom. The molecule has 0 fully saturated rings. The van der Waals surface area contributed by atoms with Gasteiger partial charge in [-0.1, -0.05) is 0 Å². The van der Waals surface area contributed by atoms with E-state index in [-0.39, 0.29) is 6.04 Å². The maximum Gasteiger partial charge on any atom is 0.426 e. The van der Waals surface area contributed by atoms with Crippen molar-refractivity contribution in [1.29, 1.82) is 0 Å². The van der Waals surface area contributed by atoms with E-state index < -0.39 is 11.7 Å². The molecule has 0 radical (unpaired) electrons. The standard InChI is InChI=1S/C20H24N6O2/c1-20(2,3)28-19(27)25-26-11-9-13-14(6-4-8-16(13)26)24-18-17-15(22-12-23-18)7-5-10-21-17/h5,7,9-12,14H,4,6,8H2,1-3H3,(H,25,27)(H,22,23,24). The van der Waals surface area contributed by atoms with Crippen LogP contribution in [0.4, 0.5) is 10.6 Å². The summed E-state index contributed by atoms with van der Waals surface area (Å²) in [7, 11) is 0. The van der Waals surface area contributed by atoms with Crippen LogP contribution in [0.15, 0.2) is 36.9 Å². The minimum Gasteiger partial charge on any atom is -0.443 e. The molecule has 0 saturated heterocycles. The summed E-state index contributed by atoms with van der Waals surface area (Å²) >= 11 is 0. The number of ether oxygens (including phenoxy) is 1. The molecule has 2 N–H and O–H groups in total. The third kappa shape index (κ3) is 3.76. The molecule has 8 nitrogen and oxygen atoms in total. The number of hydrogen-bond donors (Lipinski definition) is 2. The number of fused-ring (bicyclic) bond motifs is 2. The Balaban J connectivity index is 1.56. The quantitative estimate of drug-likeness (QED) is 0.718. The molecule has 3 aromatic rings. The van der Waals surface area contributed by atoms with Crippen LogP contribution in [0.5, 0.6) is 0 Å². The van der Waals surface area contributed by atoms with Crippen molar-refractivity contribution >= 4 is 22.9 Å². The van der Waals surface area contributed by atoms with Gasteiger partial charge < -0.3 is 10.1 Å². The lowest BCUT2D eigenvalue weighted by molar-refractivity contribution is 0.0612. The summed E-state index contributed by atoms with van der Waals surface area (Å²) < 4.78 is 7.12. The Hall–Kier alpha value is -3.16. The van der Waals surface area contributed by atoms with Crippen LogP contribution in [0.3, 0.4) is 0 Å². The van der Waals surface area contributed by atoms with Crippen molar-refractivity contribution in [2.45, 2.75) is 51.7 Å². The summed E-state index contributed by atoms with van der Waals surface area (Å²) in [4.78, 5) is 25.2. The average molecular weight is 380 g/mol. The molecule has 3 heterocycles. The highest BCUT2D eigenvalue weighted by Crippen LogP contribution is 2.33. The first kappa shape index (κ1) is 18.2. The normalized spacial score (nSPS) is 16.5. The third-order valence-electron chi connectivity index (χ3n) is 4.62. The van der Waals surface area contributed by atoms with Crippen molar-refractivity contribution in [2.75, 3.05) is 10.7 Å². The second kappa shape index (κ2) is 7.10. The van der Waals surface area contributed by atoms with Gasteiger partial charge in [-0.05, 0) is 63.8 Å². The molecule has 28 heavy (non-hydrogen) atoms. The number of amides is 1. The molecule has 3 aromatic heterocycles. The summed E-state index contributed by atoms with van der Waals surface area (Å²) in [5.74, 6) is 0.719. The number of pyridine rings is 1. The van der Waals surface area contributed by atoms with Crippen molar-refractivity contribution in [2.24, 2.45) is 0 Å². The lowest BCUT2D eigenvalue weighted by atomic mass is 9.93. The molecule has 1 atom stereocenters. The van der Waals surface area contributed by atoms with Gasteiger partial charge in [0.1, 0.15) is 17.4 Å². The van der Waals surface area contributed by atoms with Crippen LogP contribution < -0.4 is 10.7 Å². The second-order valence-corrected chi connectivity index (χ2v) is 7.88. The number of nitrogens with one attached hydrogen (secondary N) is 2. The number of carbonyl (C=O) groups is 1. The first-order chi connectivity index (χ1) is 13.4. The maximum absolute atomic E-state index is 12.1. The van der Waals surface area contributed by atoms with Gasteiger partial charge >= 0.3 is 6.09 Å². The van der Waals surface area contributed by atoms with Gasteiger partial charge in [0.05, 0.1) is 11.6 Å². The van der Waals surface area contributed by atoms with Crippen LogP contribution >= 0.6 is 0 Å². The Morgan fingerprint density at radius 2 is 2.11 bits per heavy atom. The summed E-state index contributed by atoms with van der Waals surface area (Å²) in [6.07, 6.45) is 7.55. The summed E-state index contributed by atoms with van der Waals surface area (Å²) in [6, 6.07) is 5.90. The van der Waals surface area contributed by atoms with Crippen LogP contribution in [-0.4, -0.2) is 31.3 Å². The Labute approximate surface area is 163 Å². The van der Waals surface area contributed by atoms with Gasteiger partial charge in [0.2, 0.25) is 0 Å². The number of aromatic nitrogens is 4. The molecule has 146 valence electrons. The van der Waals surface area contributed by atoms with E-state index in [0.717, 1.165) is 47.4 Å². The van der Waals surface area contributed by atoms with Gasteiger partial charge in [-0.25, -0.2) is 20.2 Å². The van der Waals surface area contributed by atoms with Crippen LogP contribution in [0, 0.1) is 0 Å². The first-order valence-corrected chi connectivity index (χ1v) is 9.43. The summed E-state index contributed by atoms with van der Waals surface area (Å²) in [5, 5.41) is 3.51. The van der Waals surface area contributed by atoms with Crippen molar-refractivity contribution in [3.63, 3.8) is 0 Å². The lowest BCUT2D eigenvalue weighted by Gasteiger charge is -2.26. The molecular formula is C20H24N6O2. The smallest absolute Gasteiger partial charge is 0.426 e. The molecule has 8 heteroatoms. The fraction of sp³-hybridized carbons (Fsp3) is 0.400. The first-order valence-electron chi connectivity index (χ1n) is 9.43. The predicted molar refractivity (Wildman–Crippen MR) is 107 cm³/mol. The van der Waals surface area contributed by atoms with Crippen LogP contribution in [0.1, 0.15) is 50.9 Å². The van der Waals surface area contributed by atoms with E-state index in [9.17, 15) is 4.79 Å². The third-order valence-corrected chi connectivity index (χ3v) is 4.62. The van der Waals surface area contributed by atoms with Crippen LogP contribution in [0.25, 0.3) is 11.0 Å². The lowest BCUT2D eigenvalue weighted by Crippen LogP contribution is -2.32. The molecule has 0 bridgehead atoms. The number of rotatable bonds is 3. The van der Waals surface area contributed by atoms with E-state index in [2.05, 4.69) is 25.7 Å². The molecule has 0 saturated carbocycles. The Kier molecular flexibility index (Phi) is 4.62. The fourth-order valence-electron chi connectivity index (χ4n) is 3.51. The largest absolute Gasteiger partial charge is 0.443 e. The van der Waals surface area contributed by atoms with Gasteiger partial charge in [0.25, 0.3) is 0 Å². The van der Waals surface area contributed by atoms with Crippen LogP contribution in [0.2, 0.25) is 0 Å². The molecule has 1 aliphatic carbocycles. The minimum absolute atomic E-state index is 0.0885. The maximum atomic E-state index is 12.1. The van der Waals surface area contributed by atoms with E-state index >= 15 is 0 Å². The molecule has 1 amide bonds. The molecule has 0 aromatic carbocycles. The number of hydrogen-bond acceptors (Lipinski definition) is 6. The van der Waals surface area contributed by atoms with E-state index in [1.807, 2.05) is 45.2 Å². The van der Waals surface area contributed by atoms with Crippen molar-refractivity contribution in [3.8, 4) is 0 Å². The fourth-order valence-corrected chi connectivity index (χ4v) is 3.51. The van der Waals surface area contributed by atoms with Crippen molar-refractivity contribution < 1.29 is 9.53 Å². The molecule has 0 spiro atoms. The van der Waals surface area contributed by atoms with Gasteiger partial charge in [-0.2, -0.15) is 0 Å². The number of nitrogens with zero attached hydrogens (tertiary/aromatic N) is 4. The van der Waals surface area contributed by atoms with Gasteiger partial charge in [0.15, 0.2) is 5.82 Å². The number of anilines is 1. The van der Waals surface area contributed by atoms with Gasteiger partial charge in [-0.3, -0.25) is 9.66 Å². The predicted octanol–water partition coefficient (Wildman–Crippen LogP) is 3.79. The highest BCUT2D eigenvalue weighted by Gasteiger charge is 2.25. The monoisotopic (exact) mass is 380 g/mol. The van der Waals surface area contributed by atoms with E-state index in [4.69, 9.17) is 4.74 Å². The molecular weight excluding hydrogens is 356 g/mol. The Morgan fingerprint density at radius 3 is 2.93 bits per heavy atom. The highest BCUT2D eigenvalue weighted by atomic mass is 16.6. The second-order valence-electron chi connectivity index (χ2n) is 7.88. The Bertz CT molecular complexity index is 1000. The molecule has 4 rings (SSSR count). The SMILES string of the molecule is CC(C)(C)OC(=O)Nn1ccc2c1CCCC2Nc1ncnc2cccnc12. The highest BCUT2D eigenvalue weighted by molar-refractivity contribution is 5.84. The zero-order valence-electron chi connectivity index (χ0n) is 16.3. The molecule has 1 unspecified atom stereocenters. The summed E-state index contributed by atoms with van der Waals surface area (Å²) in [5.41, 5.74) is 6.04. The topological polar surface area (TPSA) is 94.0 Å².